The number of carbonyl (C=O) groups is 1. The molecule has 1 heterocycles. The van der Waals surface area contributed by atoms with E-state index >= 15 is 0 Å². The molecule has 0 saturated carbocycles. The highest BCUT2D eigenvalue weighted by atomic mass is 32.1. The van der Waals surface area contributed by atoms with Gasteiger partial charge in [0.1, 0.15) is 4.88 Å². The van der Waals surface area contributed by atoms with Gasteiger partial charge in [0.15, 0.2) is 11.6 Å². The van der Waals surface area contributed by atoms with Gasteiger partial charge in [0.2, 0.25) is 0 Å². The summed E-state index contributed by atoms with van der Waals surface area (Å²) in [4.78, 5) is 10.9. The number of rotatable bonds is 2. The van der Waals surface area contributed by atoms with Crippen molar-refractivity contribution >= 4 is 27.4 Å². The maximum atomic E-state index is 13.3. The van der Waals surface area contributed by atoms with Crippen LogP contribution in [-0.4, -0.2) is 18.2 Å². The van der Waals surface area contributed by atoms with Gasteiger partial charge < -0.3 is 9.84 Å². The quantitative estimate of drug-likeness (QED) is 0.856. The first kappa shape index (κ1) is 9.92. The Morgan fingerprint density at radius 2 is 2.27 bits per heavy atom. The molecule has 0 aliphatic rings. The smallest absolute Gasteiger partial charge is 0.345 e. The summed E-state index contributed by atoms with van der Waals surface area (Å²) >= 11 is 1.01. The van der Waals surface area contributed by atoms with E-state index in [-0.39, 0.29) is 10.6 Å². The third kappa shape index (κ3) is 1.55. The maximum Gasteiger partial charge on any atom is 0.345 e. The Kier molecular flexibility index (Phi) is 2.32. The first-order valence-electron chi connectivity index (χ1n) is 4.13. The Morgan fingerprint density at radius 3 is 2.87 bits per heavy atom. The SMILES string of the molecule is COc1c(F)ccc2cc(C(=O)O)sc12. The normalized spacial score (nSPS) is 10.5. The number of ether oxygens (including phenoxy) is 1. The second-order valence-corrected chi connectivity index (χ2v) is 3.97. The lowest BCUT2D eigenvalue weighted by molar-refractivity contribution is 0.0702. The first-order chi connectivity index (χ1) is 7.13. The molecule has 1 aromatic heterocycles. The molecule has 0 unspecified atom stereocenters. The Labute approximate surface area is 88.7 Å². The lowest BCUT2D eigenvalue weighted by Crippen LogP contribution is -1.89. The molecule has 0 fully saturated rings. The van der Waals surface area contributed by atoms with Crippen molar-refractivity contribution in [3.8, 4) is 5.75 Å². The summed E-state index contributed by atoms with van der Waals surface area (Å²) in [5, 5.41) is 9.47. The molecule has 0 aliphatic heterocycles. The van der Waals surface area contributed by atoms with Gasteiger partial charge in [0, 0.05) is 0 Å². The summed E-state index contributed by atoms with van der Waals surface area (Å²) in [7, 11) is 1.36. The van der Waals surface area contributed by atoms with Crippen LogP contribution in [0.25, 0.3) is 10.1 Å². The van der Waals surface area contributed by atoms with Crippen molar-refractivity contribution < 1.29 is 19.0 Å². The van der Waals surface area contributed by atoms with Gasteiger partial charge in [-0.15, -0.1) is 11.3 Å². The highest BCUT2D eigenvalue weighted by Gasteiger charge is 2.14. The van der Waals surface area contributed by atoms with Crippen molar-refractivity contribution in [1.82, 2.24) is 0 Å². The minimum absolute atomic E-state index is 0.102. The van der Waals surface area contributed by atoms with Gasteiger partial charge in [0.05, 0.1) is 11.8 Å². The Morgan fingerprint density at radius 1 is 1.53 bits per heavy atom. The summed E-state index contributed by atoms with van der Waals surface area (Å²) in [5.41, 5.74) is 0. The molecule has 0 spiro atoms. The molecule has 0 radical (unpaired) electrons. The molecule has 2 aromatic rings. The van der Waals surface area contributed by atoms with E-state index in [1.807, 2.05) is 0 Å². The summed E-state index contributed by atoms with van der Waals surface area (Å²) in [5.74, 6) is -1.40. The topological polar surface area (TPSA) is 46.5 Å². The Balaban J connectivity index is 2.75. The predicted molar refractivity (Wildman–Crippen MR) is 55.3 cm³/mol. The van der Waals surface area contributed by atoms with Crippen LogP contribution in [0, 0.1) is 5.82 Å². The van der Waals surface area contributed by atoms with Gasteiger partial charge in [-0.2, -0.15) is 0 Å². The van der Waals surface area contributed by atoms with Gasteiger partial charge in [-0.25, -0.2) is 9.18 Å². The standard InChI is InChI=1S/C10H7FO3S/c1-14-8-6(11)3-2-5-4-7(10(12)13)15-9(5)8/h2-4H,1H3,(H,12,13). The molecule has 3 nitrogen and oxygen atoms in total. The van der Waals surface area contributed by atoms with Crippen LogP contribution in [0.5, 0.6) is 5.75 Å². The van der Waals surface area contributed by atoms with Crippen LogP contribution in [0.2, 0.25) is 0 Å². The van der Waals surface area contributed by atoms with Crippen LogP contribution in [0.15, 0.2) is 18.2 Å². The second-order valence-electron chi connectivity index (χ2n) is 2.91. The average Bonchev–Trinajstić information content (AvgIpc) is 2.61. The zero-order chi connectivity index (χ0) is 11.0. The summed E-state index contributed by atoms with van der Waals surface area (Å²) in [6.07, 6.45) is 0. The van der Waals surface area contributed by atoms with E-state index in [4.69, 9.17) is 9.84 Å². The molecule has 5 heteroatoms. The van der Waals surface area contributed by atoms with Crippen LogP contribution < -0.4 is 4.74 Å². The van der Waals surface area contributed by atoms with Crippen LogP contribution in [-0.2, 0) is 0 Å². The van der Waals surface area contributed by atoms with Gasteiger partial charge in [-0.3, -0.25) is 0 Å². The molecule has 0 atom stereocenters. The lowest BCUT2D eigenvalue weighted by atomic mass is 10.2. The monoisotopic (exact) mass is 226 g/mol. The van der Waals surface area contributed by atoms with Crippen molar-refractivity contribution in [1.29, 1.82) is 0 Å². The predicted octanol–water partition coefficient (Wildman–Crippen LogP) is 2.75. The molecule has 15 heavy (non-hydrogen) atoms. The number of hydrogen-bond donors (Lipinski definition) is 1. The highest BCUT2D eigenvalue weighted by Crippen LogP contribution is 2.35. The van der Waals surface area contributed by atoms with Gasteiger partial charge in [-0.1, -0.05) is 6.07 Å². The summed E-state index contributed by atoms with van der Waals surface area (Å²) in [6, 6.07) is 4.31. The minimum atomic E-state index is -1.02. The molecular weight excluding hydrogens is 219 g/mol. The van der Waals surface area contributed by atoms with E-state index in [2.05, 4.69) is 0 Å². The first-order valence-corrected chi connectivity index (χ1v) is 4.94. The van der Waals surface area contributed by atoms with E-state index in [9.17, 15) is 9.18 Å². The van der Waals surface area contributed by atoms with Crippen molar-refractivity contribution in [3.63, 3.8) is 0 Å². The number of carboxylic acids is 1. The average molecular weight is 226 g/mol. The zero-order valence-corrected chi connectivity index (χ0v) is 8.60. The second kappa shape index (κ2) is 3.51. The number of benzene rings is 1. The Hall–Kier alpha value is -1.62. The highest BCUT2D eigenvalue weighted by molar-refractivity contribution is 7.21. The van der Waals surface area contributed by atoms with Crippen LogP contribution in [0.3, 0.4) is 0 Å². The van der Waals surface area contributed by atoms with E-state index in [0.29, 0.717) is 10.1 Å². The molecule has 1 N–H and O–H groups in total. The van der Waals surface area contributed by atoms with Gasteiger partial charge in [0.25, 0.3) is 0 Å². The van der Waals surface area contributed by atoms with E-state index in [1.165, 1.54) is 25.3 Å². The maximum absolute atomic E-state index is 13.3. The molecule has 1 aromatic carbocycles. The fraction of sp³-hybridized carbons (Fsp3) is 0.100. The number of methoxy groups -OCH3 is 1. The van der Waals surface area contributed by atoms with E-state index in [1.54, 1.807) is 0 Å². The Bertz CT molecular complexity index is 533. The van der Waals surface area contributed by atoms with Crippen LogP contribution in [0.4, 0.5) is 4.39 Å². The molecule has 0 amide bonds. The summed E-state index contributed by atoms with van der Waals surface area (Å²) < 4.78 is 18.7. The van der Waals surface area contributed by atoms with Crippen molar-refractivity contribution in [3.05, 3.63) is 28.9 Å². The van der Waals surface area contributed by atoms with Gasteiger partial charge in [-0.05, 0) is 17.5 Å². The molecule has 0 aliphatic carbocycles. The number of halogens is 1. The lowest BCUT2D eigenvalue weighted by Gasteiger charge is -2.01. The molecular formula is C10H7FO3S. The largest absolute Gasteiger partial charge is 0.492 e. The van der Waals surface area contributed by atoms with E-state index < -0.39 is 11.8 Å². The molecule has 2 rings (SSSR count). The number of hydrogen-bond acceptors (Lipinski definition) is 3. The van der Waals surface area contributed by atoms with Crippen molar-refractivity contribution in [2.75, 3.05) is 7.11 Å². The third-order valence-electron chi connectivity index (χ3n) is 2.01. The van der Waals surface area contributed by atoms with E-state index in [0.717, 1.165) is 11.3 Å². The molecule has 0 bridgehead atoms. The van der Waals surface area contributed by atoms with Crippen molar-refractivity contribution in [2.24, 2.45) is 0 Å². The van der Waals surface area contributed by atoms with Crippen LogP contribution in [0.1, 0.15) is 9.67 Å². The summed E-state index contributed by atoms with van der Waals surface area (Å²) in [6.45, 7) is 0. The van der Waals surface area contributed by atoms with Crippen LogP contribution >= 0.6 is 11.3 Å². The number of carboxylic acid groups (broad SMARTS) is 1. The fourth-order valence-electron chi connectivity index (χ4n) is 1.35. The molecule has 0 saturated heterocycles. The third-order valence-corrected chi connectivity index (χ3v) is 3.15. The molecule has 78 valence electrons. The number of thiophene rings is 1. The fourth-order valence-corrected chi connectivity index (χ4v) is 2.36. The zero-order valence-electron chi connectivity index (χ0n) is 7.78. The van der Waals surface area contributed by atoms with Crippen molar-refractivity contribution in [2.45, 2.75) is 0 Å². The van der Waals surface area contributed by atoms with Gasteiger partial charge >= 0.3 is 5.97 Å². The number of fused-ring (bicyclic) bond motifs is 1. The minimum Gasteiger partial charge on any atom is -0.492 e. The number of aromatic carboxylic acids is 1.